The van der Waals surface area contributed by atoms with Crippen LogP contribution >= 0.6 is 0 Å². The second-order valence-corrected chi connectivity index (χ2v) is 6.38. The van der Waals surface area contributed by atoms with Gasteiger partial charge in [-0.25, -0.2) is 19.9 Å². The Labute approximate surface area is 143 Å². The van der Waals surface area contributed by atoms with Gasteiger partial charge in [0.25, 0.3) is 0 Å². The van der Waals surface area contributed by atoms with Crippen molar-refractivity contribution in [2.24, 2.45) is 0 Å². The van der Waals surface area contributed by atoms with E-state index in [1.807, 2.05) is 24.4 Å². The molecule has 0 saturated carbocycles. The number of hydrogen-bond acceptors (Lipinski definition) is 6. The van der Waals surface area contributed by atoms with Crippen LogP contribution in [0, 0.1) is 0 Å². The van der Waals surface area contributed by atoms with Crippen molar-refractivity contribution >= 4 is 33.8 Å². The Kier molecular flexibility index (Phi) is 3.09. The number of nitrogens with zero attached hydrogens (tertiary/aromatic N) is 6. The highest BCUT2D eigenvalue weighted by molar-refractivity contribution is 5.87. The van der Waals surface area contributed by atoms with Gasteiger partial charge in [0.15, 0.2) is 5.65 Å². The molecule has 5 rings (SSSR count). The number of likely N-dealkylation sites (N-methyl/N-ethyl adjacent to an activating group) is 1. The molecule has 1 atom stereocenters. The van der Waals surface area contributed by atoms with Gasteiger partial charge in [-0.3, -0.25) is 0 Å². The maximum absolute atomic E-state index is 4.65. The Hall–Kier alpha value is -3.16. The Bertz CT molecular complexity index is 1040. The maximum Gasteiger partial charge on any atom is 0.179 e. The van der Waals surface area contributed by atoms with Crippen LogP contribution in [0.5, 0.6) is 0 Å². The number of imidazole rings is 1. The SMILES string of the molecule is CN(c1ccc2[nH]cnc2n1)C1CCN(c2ncnc3[nH]ccc23)C1. The fourth-order valence-corrected chi connectivity index (χ4v) is 3.56. The van der Waals surface area contributed by atoms with E-state index in [0.717, 1.165) is 53.3 Å². The van der Waals surface area contributed by atoms with Gasteiger partial charge >= 0.3 is 0 Å². The van der Waals surface area contributed by atoms with Gasteiger partial charge in [0.2, 0.25) is 0 Å². The maximum atomic E-state index is 4.65. The number of H-pyrrole nitrogens is 2. The number of nitrogens with one attached hydrogen (secondary N) is 2. The van der Waals surface area contributed by atoms with Crippen LogP contribution in [0.15, 0.2) is 37.1 Å². The summed E-state index contributed by atoms with van der Waals surface area (Å²) >= 11 is 0. The van der Waals surface area contributed by atoms with Crippen LogP contribution in [-0.2, 0) is 0 Å². The molecular formula is C17H18N8. The summed E-state index contributed by atoms with van der Waals surface area (Å²) in [5.41, 5.74) is 2.59. The molecule has 0 radical (unpaired) electrons. The number of anilines is 2. The van der Waals surface area contributed by atoms with E-state index < -0.39 is 0 Å². The molecule has 8 heteroatoms. The molecule has 5 heterocycles. The Balaban J connectivity index is 1.40. The normalized spacial score (nSPS) is 17.6. The zero-order valence-electron chi connectivity index (χ0n) is 13.8. The molecule has 0 bridgehead atoms. The predicted molar refractivity (Wildman–Crippen MR) is 96.8 cm³/mol. The van der Waals surface area contributed by atoms with Crippen molar-refractivity contribution in [2.45, 2.75) is 12.5 Å². The van der Waals surface area contributed by atoms with E-state index in [1.54, 1.807) is 12.7 Å². The molecule has 126 valence electrons. The highest BCUT2D eigenvalue weighted by atomic mass is 15.3. The third-order valence-corrected chi connectivity index (χ3v) is 4.97. The summed E-state index contributed by atoms with van der Waals surface area (Å²) in [7, 11) is 2.10. The lowest BCUT2D eigenvalue weighted by molar-refractivity contribution is 0.685. The average molecular weight is 334 g/mol. The molecule has 8 nitrogen and oxygen atoms in total. The van der Waals surface area contributed by atoms with Crippen molar-refractivity contribution in [3.8, 4) is 0 Å². The standard InChI is InChI=1S/C17H18N8/c1-24(14-3-2-13-16(23-14)21-9-19-13)11-5-7-25(8-11)17-12-4-6-18-15(12)20-10-22-17/h2-4,6,9-11H,5,7-8H2,1H3,(H,18,20,22)(H,19,21,23). The summed E-state index contributed by atoms with van der Waals surface area (Å²) in [5.74, 6) is 1.94. The monoisotopic (exact) mass is 334 g/mol. The molecule has 1 fully saturated rings. The number of hydrogen-bond donors (Lipinski definition) is 2. The minimum Gasteiger partial charge on any atom is -0.355 e. The quantitative estimate of drug-likeness (QED) is 0.595. The lowest BCUT2D eigenvalue weighted by Gasteiger charge is -2.26. The van der Waals surface area contributed by atoms with Gasteiger partial charge < -0.3 is 19.8 Å². The Morgan fingerprint density at radius 1 is 1.16 bits per heavy atom. The van der Waals surface area contributed by atoms with Crippen LogP contribution in [0.3, 0.4) is 0 Å². The highest BCUT2D eigenvalue weighted by Gasteiger charge is 2.28. The number of pyridine rings is 1. The molecule has 4 aromatic heterocycles. The molecule has 0 aliphatic carbocycles. The minimum atomic E-state index is 0.382. The third kappa shape index (κ3) is 2.29. The molecule has 0 aromatic carbocycles. The van der Waals surface area contributed by atoms with E-state index in [2.05, 4.69) is 46.8 Å². The Morgan fingerprint density at radius 2 is 2.12 bits per heavy atom. The second-order valence-electron chi connectivity index (χ2n) is 6.38. The number of rotatable bonds is 3. The van der Waals surface area contributed by atoms with Crippen LogP contribution in [0.1, 0.15) is 6.42 Å². The molecule has 1 unspecified atom stereocenters. The first kappa shape index (κ1) is 14.2. The van der Waals surface area contributed by atoms with Gasteiger partial charge in [0, 0.05) is 32.4 Å². The topological polar surface area (TPSA) is 89.6 Å². The van der Waals surface area contributed by atoms with E-state index in [9.17, 15) is 0 Å². The molecule has 1 aliphatic rings. The van der Waals surface area contributed by atoms with E-state index in [0.29, 0.717) is 6.04 Å². The van der Waals surface area contributed by atoms with Crippen LogP contribution in [-0.4, -0.2) is 56.1 Å². The fourth-order valence-electron chi connectivity index (χ4n) is 3.56. The van der Waals surface area contributed by atoms with E-state index in [-0.39, 0.29) is 0 Å². The van der Waals surface area contributed by atoms with E-state index in [1.165, 1.54) is 0 Å². The summed E-state index contributed by atoms with van der Waals surface area (Å²) in [6.45, 7) is 1.88. The number of fused-ring (bicyclic) bond motifs is 2. The summed E-state index contributed by atoms with van der Waals surface area (Å²) < 4.78 is 0. The van der Waals surface area contributed by atoms with Crippen molar-refractivity contribution in [3.63, 3.8) is 0 Å². The predicted octanol–water partition coefficient (Wildman–Crippen LogP) is 1.94. The first-order valence-electron chi connectivity index (χ1n) is 8.35. The van der Waals surface area contributed by atoms with Crippen LogP contribution in [0.4, 0.5) is 11.6 Å². The van der Waals surface area contributed by atoms with Crippen molar-refractivity contribution < 1.29 is 0 Å². The van der Waals surface area contributed by atoms with E-state index >= 15 is 0 Å². The number of aromatic amines is 2. The zero-order valence-corrected chi connectivity index (χ0v) is 13.8. The van der Waals surface area contributed by atoms with E-state index in [4.69, 9.17) is 0 Å². The summed E-state index contributed by atoms with van der Waals surface area (Å²) in [6, 6.07) is 6.49. The summed E-state index contributed by atoms with van der Waals surface area (Å²) in [5, 5.41) is 1.07. The van der Waals surface area contributed by atoms with Gasteiger partial charge in [-0.1, -0.05) is 0 Å². The van der Waals surface area contributed by atoms with Crippen molar-refractivity contribution in [2.75, 3.05) is 29.9 Å². The highest BCUT2D eigenvalue weighted by Crippen LogP contribution is 2.28. The minimum absolute atomic E-state index is 0.382. The van der Waals surface area contributed by atoms with Gasteiger partial charge in [0.05, 0.1) is 17.2 Å². The lowest BCUT2D eigenvalue weighted by Crippen LogP contribution is -2.35. The van der Waals surface area contributed by atoms with Crippen LogP contribution in [0.2, 0.25) is 0 Å². The smallest absolute Gasteiger partial charge is 0.179 e. The molecule has 0 spiro atoms. The first-order valence-corrected chi connectivity index (χ1v) is 8.35. The Morgan fingerprint density at radius 3 is 3.08 bits per heavy atom. The first-order chi connectivity index (χ1) is 12.3. The van der Waals surface area contributed by atoms with Crippen molar-refractivity contribution in [1.82, 2.24) is 29.9 Å². The van der Waals surface area contributed by atoms with Gasteiger partial charge in [-0.15, -0.1) is 0 Å². The molecule has 0 amide bonds. The lowest BCUT2D eigenvalue weighted by atomic mass is 10.2. The van der Waals surface area contributed by atoms with Gasteiger partial charge in [0.1, 0.15) is 23.6 Å². The molecular weight excluding hydrogens is 316 g/mol. The van der Waals surface area contributed by atoms with Gasteiger partial charge in [-0.2, -0.15) is 0 Å². The molecule has 1 aliphatic heterocycles. The van der Waals surface area contributed by atoms with Crippen molar-refractivity contribution in [1.29, 1.82) is 0 Å². The molecule has 4 aromatic rings. The average Bonchev–Trinajstić information content (AvgIpc) is 3.39. The number of aromatic nitrogens is 6. The zero-order chi connectivity index (χ0) is 16.8. The largest absolute Gasteiger partial charge is 0.355 e. The molecule has 2 N–H and O–H groups in total. The van der Waals surface area contributed by atoms with Crippen molar-refractivity contribution in [3.05, 3.63) is 37.1 Å². The molecule has 1 saturated heterocycles. The molecule has 25 heavy (non-hydrogen) atoms. The van der Waals surface area contributed by atoms with Crippen LogP contribution < -0.4 is 9.80 Å². The summed E-state index contributed by atoms with van der Waals surface area (Å²) in [6.07, 6.45) is 6.27. The second kappa shape index (κ2) is 5.44. The third-order valence-electron chi connectivity index (χ3n) is 4.97. The van der Waals surface area contributed by atoms with Gasteiger partial charge in [-0.05, 0) is 24.6 Å². The fraction of sp³-hybridized carbons (Fsp3) is 0.294. The van der Waals surface area contributed by atoms with Crippen LogP contribution in [0.25, 0.3) is 22.2 Å². The summed E-state index contributed by atoms with van der Waals surface area (Å²) in [4.78, 5) is 28.5.